The van der Waals surface area contributed by atoms with E-state index in [2.05, 4.69) is 23.3 Å². The van der Waals surface area contributed by atoms with Crippen LogP contribution in [0, 0.1) is 0 Å². The average molecular weight is 367 g/mol. The van der Waals surface area contributed by atoms with Crippen LogP contribution in [0.5, 0.6) is 0 Å². The standard InChI is InChI=1S/C21H18N2O2.ClH/c24-21(25)18-11-4-5-12-19(18)23-20-16(9-6-10-17(20)14-22-23)13-15-7-2-1-3-8-15;/h1-5,7-8,11-14H,6,9-10H2,(H,24,25);1H/b16-13+;. The molecule has 0 unspecified atom stereocenters. The summed E-state index contributed by atoms with van der Waals surface area (Å²) in [7, 11) is 0. The first-order valence-electron chi connectivity index (χ1n) is 8.39. The van der Waals surface area contributed by atoms with Gasteiger partial charge >= 0.3 is 5.97 Å². The van der Waals surface area contributed by atoms with Crippen LogP contribution < -0.4 is 0 Å². The monoisotopic (exact) mass is 366 g/mol. The minimum Gasteiger partial charge on any atom is -0.478 e. The van der Waals surface area contributed by atoms with Gasteiger partial charge in [-0.05, 0) is 54.2 Å². The number of hydrogen-bond acceptors (Lipinski definition) is 2. The van der Waals surface area contributed by atoms with Crippen molar-refractivity contribution in [3.8, 4) is 5.69 Å². The van der Waals surface area contributed by atoms with Crippen LogP contribution >= 0.6 is 12.4 Å². The van der Waals surface area contributed by atoms with E-state index in [0.29, 0.717) is 5.69 Å². The summed E-state index contributed by atoms with van der Waals surface area (Å²) in [6.07, 6.45) is 7.06. The smallest absolute Gasteiger partial charge is 0.337 e. The molecule has 1 aliphatic rings. The van der Waals surface area contributed by atoms with Crippen molar-refractivity contribution in [2.24, 2.45) is 0 Å². The molecule has 5 heteroatoms. The fraction of sp³-hybridized carbons (Fsp3) is 0.143. The predicted octanol–water partition coefficient (Wildman–Crippen LogP) is 4.87. The summed E-state index contributed by atoms with van der Waals surface area (Å²) >= 11 is 0. The highest BCUT2D eigenvalue weighted by molar-refractivity contribution is 5.92. The molecule has 1 heterocycles. The maximum Gasteiger partial charge on any atom is 0.337 e. The zero-order valence-corrected chi connectivity index (χ0v) is 14.9. The number of aromatic carboxylic acids is 1. The second-order valence-corrected chi connectivity index (χ2v) is 6.19. The first-order chi connectivity index (χ1) is 12.2. The normalized spacial score (nSPS) is 14.5. The van der Waals surface area contributed by atoms with Crippen molar-refractivity contribution in [2.45, 2.75) is 19.3 Å². The second-order valence-electron chi connectivity index (χ2n) is 6.19. The molecule has 4 rings (SSSR count). The molecule has 132 valence electrons. The van der Waals surface area contributed by atoms with Gasteiger partial charge in [-0.2, -0.15) is 5.10 Å². The molecule has 4 nitrogen and oxygen atoms in total. The summed E-state index contributed by atoms with van der Waals surface area (Å²) in [6, 6.07) is 17.2. The Labute approximate surface area is 158 Å². The largest absolute Gasteiger partial charge is 0.478 e. The minimum atomic E-state index is -0.941. The minimum absolute atomic E-state index is 0. The van der Waals surface area contributed by atoms with Crippen molar-refractivity contribution in [3.63, 3.8) is 0 Å². The third-order valence-corrected chi connectivity index (χ3v) is 4.54. The van der Waals surface area contributed by atoms with E-state index in [1.54, 1.807) is 16.8 Å². The van der Waals surface area contributed by atoms with Crippen LogP contribution in [0.15, 0.2) is 60.8 Å². The number of nitrogens with zero attached hydrogens (tertiary/aromatic N) is 2. The van der Waals surface area contributed by atoms with Gasteiger partial charge in [-0.1, -0.05) is 42.5 Å². The number of halogens is 1. The van der Waals surface area contributed by atoms with Gasteiger partial charge in [-0.15, -0.1) is 12.4 Å². The summed E-state index contributed by atoms with van der Waals surface area (Å²) in [5.41, 5.74) is 5.42. The number of benzene rings is 2. The Morgan fingerprint density at radius 3 is 2.54 bits per heavy atom. The lowest BCUT2D eigenvalue weighted by atomic mass is 9.91. The van der Waals surface area contributed by atoms with Crippen LogP contribution in [0.2, 0.25) is 0 Å². The van der Waals surface area contributed by atoms with Crippen LogP contribution in [0.1, 0.15) is 40.0 Å². The first-order valence-corrected chi connectivity index (χ1v) is 8.39. The number of carbonyl (C=O) groups is 1. The van der Waals surface area contributed by atoms with Crippen molar-refractivity contribution in [2.75, 3.05) is 0 Å². The van der Waals surface area contributed by atoms with Crippen molar-refractivity contribution >= 4 is 30.0 Å². The molecule has 1 aromatic heterocycles. The SMILES string of the molecule is Cl.O=C(O)c1ccccc1-n1ncc2c1/C(=C/c1ccccc1)CCC2. The Balaban J connectivity index is 0.00000196. The number of para-hydroxylation sites is 1. The molecule has 0 bridgehead atoms. The summed E-state index contributed by atoms with van der Waals surface area (Å²) in [5, 5.41) is 14.0. The highest BCUT2D eigenvalue weighted by atomic mass is 35.5. The molecule has 1 N–H and O–H groups in total. The summed E-state index contributed by atoms with van der Waals surface area (Å²) in [6.45, 7) is 0. The zero-order chi connectivity index (χ0) is 17.2. The van der Waals surface area contributed by atoms with Gasteiger partial charge in [0.25, 0.3) is 0 Å². The first kappa shape index (κ1) is 18.0. The van der Waals surface area contributed by atoms with E-state index < -0.39 is 5.97 Å². The number of fused-ring (bicyclic) bond motifs is 1. The van der Waals surface area contributed by atoms with Crippen LogP contribution in [-0.2, 0) is 6.42 Å². The Morgan fingerprint density at radius 2 is 1.77 bits per heavy atom. The number of allylic oxidation sites excluding steroid dienone is 1. The highest BCUT2D eigenvalue weighted by Crippen LogP contribution is 2.34. The summed E-state index contributed by atoms with van der Waals surface area (Å²) < 4.78 is 1.78. The van der Waals surface area contributed by atoms with Crippen molar-refractivity contribution < 1.29 is 9.90 Å². The topological polar surface area (TPSA) is 55.1 Å². The van der Waals surface area contributed by atoms with Gasteiger partial charge < -0.3 is 5.11 Å². The summed E-state index contributed by atoms with van der Waals surface area (Å²) in [5.74, 6) is -0.941. The lowest BCUT2D eigenvalue weighted by Gasteiger charge is -2.19. The van der Waals surface area contributed by atoms with E-state index in [1.807, 2.05) is 36.5 Å². The zero-order valence-electron chi connectivity index (χ0n) is 14.1. The molecule has 2 aromatic carbocycles. The van der Waals surface area contributed by atoms with Gasteiger partial charge in [0, 0.05) is 0 Å². The molecule has 0 amide bonds. The van der Waals surface area contributed by atoms with Crippen LogP contribution in [-0.4, -0.2) is 20.9 Å². The molecular weight excluding hydrogens is 348 g/mol. The lowest BCUT2D eigenvalue weighted by molar-refractivity contribution is 0.0696. The van der Waals surface area contributed by atoms with Gasteiger partial charge in [0.2, 0.25) is 0 Å². The molecule has 0 spiro atoms. The Morgan fingerprint density at radius 1 is 1.04 bits per heavy atom. The van der Waals surface area contributed by atoms with Crippen LogP contribution in [0.3, 0.4) is 0 Å². The van der Waals surface area contributed by atoms with Crippen LogP contribution in [0.4, 0.5) is 0 Å². The third kappa shape index (κ3) is 3.28. The predicted molar refractivity (Wildman–Crippen MR) is 105 cm³/mol. The van der Waals surface area contributed by atoms with E-state index in [0.717, 1.165) is 30.5 Å². The fourth-order valence-electron chi connectivity index (χ4n) is 3.41. The van der Waals surface area contributed by atoms with Gasteiger partial charge in [0.1, 0.15) is 0 Å². The number of rotatable bonds is 3. The number of hydrogen-bond donors (Lipinski definition) is 1. The molecule has 0 saturated carbocycles. The van der Waals surface area contributed by atoms with E-state index in [4.69, 9.17) is 0 Å². The molecule has 0 saturated heterocycles. The molecule has 0 atom stereocenters. The van der Waals surface area contributed by atoms with E-state index >= 15 is 0 Å². The van der Waals surface area contributed by atoms with Crippen LogP contribution in [0.25, 0.3) is 17.3 Å². The molecule has 0 radical (unpaired) electrons. The fourth-order valence-corrected chi connectivity index (χ4v) is 3.41. The molecule has 0 aliphatic heterocycles. The van der Waals surface area contributed by atoms with Gasteiger partial charge in [0.15, 0.2) is 0 Å². The van der Waals surface area contributed by atoms with Crippen molar-refractivity contribution in [1.82, 2.24) is 9.78 Å². The summed E-state index contributed by atoms with van der Waals surface area (Å²) in [4.78, 5) is 11.6. The average Bonchev–Trinajstić information content (AvgIpc) is 3.07. The number of aryl methyl sites for hydroxylation is 1. The second kappa shape index (κ2) is 7.58. The highest BCUT2D eigenvalue weighted by Gasteiger charge is 2.22. The van der Waals surface area contributed by atoms with Gasteiger partial charge in [-0.25, -0.2) is 9.48 Å². The van der Waals surface area contributed by atoms with Crippen molar-refractivity contribution in [1.29, 1.82) is 0 Å². The molecular formula is C21H19ClN2O2. The molecule has 26 heavy (non-hydrogen) atoms. The Hall–Kier alpha value is -2.85. The van der Waals surface area contributed by atoms with Gasteiger partial charge in [0.05, 0.1) is 23.1 Å². The molecule has 3 aromatic rings. The number of aromatic nitrogens is 2. The Bertz CT molecular complexity index is 961. The molecule has 0 fully saturated rings. The molecule has 1 aliphatic carbocycles. The number of carboxylic acids is 1. The maximum absolute atomic E-state index is 11.6. The lowest BCUT2D eigenvalue weighted by Crippen LogP contribution is -2.11. The maximum atomic E-state index is 11.6. The number of carboxylic acid groups (broad SMARTS) is 1. The van der Waals surface area contributed by atoms with E-state index in [-0.39, 0.29) is 18.0 Å². The van der Waals surface area contributed by atoms with Crippen molar-refractivity contribution in [3.05, 3.63) is 83.2 Å². The van der Waals surface area contributed by atoms with E-state index in [9.17, 15) is 9.90 Å². The van der Waals surface area contributed by atoms with Gasteiger partial charge in [-0.3, -0.25) is 0 Å². The van der Waals surface area contributed by atoms with E-state index in [1.165, 1.54) is 11.1 Å². The third-order valence-electron chi connectivity index (χ3n) is 4.54. The Kier molecular flexibility index (Phi) is 5.24. The quantitative estimate of drug-likeness (QED) is 0.719.